The average molecular weight is 502 g/mol. The molecule has 0 unspecified atom stereocenters. The number of rotatable bonds is 12. The van der Waals surface area contributed by atoms with Gasteiger partial charge in [-0.2, -0.15) is 0 Å². The smallest absolute Gasteiger partial charge is 0.242 e. The number of carbonyl (C=O) groups is 2. The Morgan fingerprint density at radius 3 is 2.31 bits per heavy atom. The monoisotopic (exact) mass is 501 g/mol. The van der Waals surface area contributed by atoms with Crippen molar-refractivity contribution in [3.63, 3.8) is 0 Å². The minimum absolute atomic E-state index is 0.138. The normalized spacial score (nSPS) is 12.2. The zero-order valence-electron chi connectivity index (χ0n) is 21.8. The Bertz CT molecular complexity index is 1130. The molecule has 0 heterocycles. The molecule has 35 heavy (non-hydrogen) atoms. The summed E-state index contributed by atoms with van der Waals surface area (Å²) in [6.45, 7) is 10.6. The maximum Gasteiger partial charge on any atom is 0.242 e. The Labute approximate surface area is 210 Å². The van der Waals surface area contributed by atoms with Gasteiger partial charge < -0.3 is 10.2 Å². The van der Waals surface area contributed by atoms with Crippen molar-refractivity contribution < 1.29 is 18.0 Å². The first-order valence-electron chi connectivity index (χ1n) is 12.2. The number of aryl methyl sites for hydroxylation is 2. The highest BCUT2D eigenvalue weighted by molar-refractivity contribution is 7.92. The molecule has 0 aliphatic rings. The quantitative estimate of drug-likeness (QED) is 0.474. The van der Waals surface area contributed by atoms with Crippen molar-refractivity contribution in [1.82, 2.24) is 10.2 Å². The molecule has 0 aromatic heterocycles. The number of nitrogens with one attached hydrogen (secondary N) is 1. The van der Waals surface area contributed by atoms with Crippen LogP contribution in [0.1, 0.15) is 55.4 Å². The lowest BCUT2D eigenvalue weighted by molar-refractivity contribution is -0.141. The van der Waals surface area contributed by atoms with Gasteiger partial charge in [0.25, 0.3) is 0 Å². The maximum absolute atomic E-state index is 13.4. The second kappa shape index (κ2) is 12.7. The molecule has 2 aromatic carbocycles. The molecule has 0 aliphatic heterocycles. The third-order valence-electron chi connectivity index (χ3n) is 6.17. The van der Waals surface area contributed by atoms with Gasteiger partial charge in [0.1, 0.15) is 6.04 Å². The van der Waals surface area contributed by atoms with E-state index in [1.807, 2.05) is 71.0 Å². The van der Waals surface area contributed by atoms with Gasteiger partial charge in [-0.05, 0) is 63.3 Å². The highest BCUT2D eigenvalue weighted by Crippen LogP contribution is 2.25. The van der Waals surface area contributed by atoms with Crippen LogP contribution >= 0.6 is 0 Å². The molecule has 0 saturated carbocycles. The van der Waals surface area contributed by atoms with E-state index in [-0.39, 0.29) is 24.8 Å². The van der Waals surface area contributed by atoms with E-state index in [2.05, 4.69) is 5.32 Å². The standard InChI is InChI=1S/C27H39N3O4S/c1-7-24(27(32)28-8-2)29(19-23-14-9-12-20(3)18-23)26(31)16-11-17-30(35(6,33)34)25-15-10-13-21(4)22(25)5/h9-10,12-15,18,24H,7-8,11,16-17,19H2,1-6H3,(H,28,32)/t24-/m0/s1. The van der Waals surface area contributed by atoms with Crippen LogP contribution in [0.25, 0.3) is 0 Å². The predicted octanol–water partition coefficient (Wildman–Crippen LogP) is 4.10. The molecule has 0 spiro atoms. The van der Waals surface area contributed by atoms with Gasteiger partial charge in [-0.3, -0.25) is 13.9 Å². The summed E-state index contributed by atoms with van der Waals surface area (Å²) in [5.41, 5.74) is 4.56. The van der Waals surface area contributed by atoms with Crippen molar-refractivity contribution in [2.75, 3.05) is 23.7 Å². The number of likely N-dealkylation sites (N-methyl/N-ethyl adjacent to an activating group) is 1. The van der Waals surface area contributed by atoms with Crippen LogP contribution < -0.4 is 9.62 Å². The van der Waals surface area contributed by atoms with Gasteiger partial charge in [-0.15, -0.1) is 0 Å². The van der Waals surface area contributed by atoms with Crippen LogP contribution in [-0.2, 0) is 26.2 Å². The first kappa shape index (κ1) is 28.4. The number of nitrogens with zero attached hydrogens (tertiary/aromatic N) is 2. The molecule has 0 fully saturated rings. The van der Waals surface area contributed by atoms with E-state index in [1.165, 1.54) is 10.6 Å². The number of amides is 2. The van der Waals surface area contributed by atoms with Crippen molar-refractivity contribution >= 4 is 27.5 Å². The van der Waals surface area contributed by atoms with Gasteiger partial charge in [0, 0.05) is 26.1 Å². The van der Waals surface area contributed by atoms with Crippen LogP contribution in [0.5, 0.6) is 0 Å². The second-order valence-corrected chi connectivity index (χ2v) is 10.9. The largest absolute Gasteiger partial charge is 0.355 e. The van der Waals surface area contributed by atoms with E-state index in [0.29, 0.717) is 31.6 Å². The summed E-state index contributed by atoms with van der Waals surface area (Å²) in [5.74, 6) is -0.344. The number of anilines is 1. The Morgan fingerprint density at radius 1 is 1.03 bits per heavy atom. The zero-order valence-corrected chi connectivity index (χ0v) is 22.6. The van der Waals surface area contributed by atoms with Crippen molar-refractivity contribution in [3.05, 3.63) is 64.7 Å². The molecule has 2 aromatic rings. The molecule has 1 atom stereocenters. The Morgan fingerprint density at radius 2 is 1.71 bits per heavy atom. The summed E-state index contributed by atoms with van der Waals surface area (Å²) in [4.78, 5) is 27.8. The SMILES string of the molecule is CCNC(=O)[C@H](CC)N(Cc1cccc(C)c1)C(=O)CCCN(c1cccc(C)c1C)S(C)(=O)=O. The van der Waals surface area contributed by atoms with Crippen LogP contribution in [0.3, 0.4) is 0 Å². The predicted molar refractivity (Wildman–Crippen MR) is 142 cm³/mol. The molecule has 0 bridgehead atoms. The molecule has 0 aliphatic carbocycles. The second-order valence-electron chi connectivity index (χ2n) is 8.99. The van der Waals surface area contributed by atoms with E-state index < -0.39 is 16.1 Å². The zero-order chi connectivity index (χ0) is 26.2. The third-order valence-corrected chi connectivity index (χ3v) is 7.35. The fraction of sp³-hybridized carbons (Fsp3) is 0.481. The summed E-state index contributed by atoms with van der Waals surface area (Å²) in [5, 5.41) is 2.84. The van der Waals surface area contributed by atoms with Crippen LogP contribution in [0.15, 0.2) is 42.5 Å². The molecule has 8 heteroatoms. The van der Waals surface area contributed by atoms with Crippen molar-refractivity contribution in [2.45, 2.75) is 66.5 Å². The highest BCUT2D eigenvalue weighted by Gasteiger charge is 2.28. The lowest BCUT2D eigenvalue weighted by atomic mass is 10.1. The number of sulfonamides is 1. The molecular formula is C27H39N3O4S. The lowest BCUT2D eigenvalue weighted by Gasteiger charge is -2.31. The molecule has 1 N–H and O–H groups in total. The van der Waals surface area contributed by atoms with E-state index in [1.54, 1.807) is 11.0 Å². The van der Waals surface area contributed by atoms with Gasteiger partial charge in [0.05, 0.1) is 11.9 Å². The number of benzene rings is 2. The van der Waals surface area contributed by atoms with Crippen molar-refractivity contribution in [3.8, 4) is 0 Å². The number of carbonyl (C=O) groups excluding carboxylic acids is 2. The van der Waals surface area contributed by atoms with Crippen LogP contribution in [0, 0.1) is 20.8 Å². The van der Waals surface area contributed by atoms with Crippen molar-refractivity contribution in [2.24, 2.45) is 0 Å². The summed E-state index contributed by atoms with van der Waals surface area (Å²) in [6.07, 6.45) is 2.15. The van der Waals surface area contributed by atoms with Gasteiger partial charge in [-0.25, -0.2) is 8.42 Å². The van der Waals surface area contributed by atoms with Crippen LogP contribution in [0.2, 0.25) is 0 Å². The minimum atomic E-state index is -3.53. The van der Waals surface area contributed by atoms with Crippen LogP contribution in [-0.4, -0.2) is 50.5 Å². The first-order chi connectivity index (χ1) is 16.5. The summed E-state index contributed by atoms with van der Waals surface area (Å²) < 4.78 is 26.5. The Kier molecular flexibility index (Phi) is 10.3. The number of hydrogen-bond acceptors (Lipinski definition) is 4. The fourth-order valence-electron chi connectivity index (χ4n) is 4.21. The van der Waals surface area contributed by atoms with Gasteiger partial charge in [0.2, 0.25) is 21.8 Å². The third kappa shape index (κ3) is 7.82. The molecule has 2 rings (SSSR count). The fourth-order valence-corrected chi connectivity index (χ4v) is 5.22. The average Bonchev–Trinajstić information content (AvgIpc) is 2.78. The number of hydrogen-bond donors (Lipinski definition) is 1. The van der Waals surface area contributed by atoms with Crippen LogP contribution in [0.4, 0.5) is 5.69 Å². The summed E-state index contributed by atoms with van der Waals surface area (Å²) in [7, 11) is -3.53. The Balaban J connectivity index is 2.24. The van der Waals surface area contributed by atoms with E-state index in [0.717, 1.165) is 22.3 Å². The van der Waals surface area contributed by atoms with E-state index in [9.17, 15) is 18.0 Å². The van der Waals surface area contributed by atoms with Gasteiger partial charge in [-0.1, -0.05) is 48.9 Å². The lowest BCUT2D eigenvalue weighted by Crippen LogP contribution is -2.49. The molecule has 0 radical (unpaired) electrons. The molecule has 2 amide bonds. The van der Waals surface area contributed by atoms with Gasteiger partial charge >= 0.3 is 0 Å². The summed E-state index contributed by atoms with van der Waals surface area (Å²) in [6, 6.07) is 12.9. The first-order valence-corrected chi connectivity index (χ1v) is 14.0. The topological polar surface area (TPSA) is 86.8 Å². The van der Waals surface area contributed by atoms with Crippen molar-refractivity contribution in [1.29, 1.82) is 0 Å². The molecule has 192 valence electrons. The Hall–Kier alpha value is -2.87. The highest BCUT2D eigenvalue weighted by atomic mass is 32.2. The van der Waals surface area contributed by atoms with E-state index in [4.69, 9.17) is 0 Å². The summed E-state index contributed by atoms with van der Waals surface area (Å²) >= 11 is 0. The van der Waals surface area contributed by atoms with E-state index >= 15 is 0 Å². The maximum atomic E-state index is 13.4. The molecule has 0 saturated heterocycles. The molecular weight excluding hydrogens is 462 g/mol. The minimum Gasteiger partial charge on any atom is -0.355 e. The van der Waals surface area contributed by atoms with Gasteiger partial charge in [0.15, 0.2) is 0 Å². The molecule has 7 nitrogen and oxygen atoms in total.